The zero-order valence-electron chi connectivity index (χ0n) is 15.4. The van der Waals surface area contributed by atoms with Gasteiger partial charge in [0, 0.05) is 37.0 Å². The number of fused-ring (bicyclic) bond motifs is 1. The first-order valence-electron chi connectivity index (χ1n) is 9.04. The predicted molar refractivity (Wildman–Crippen MR) is 107 cm³/mol. The van der Waals surface area contributed by atoms with Gasteiger partial charge in [0.2, 0.25) is 5.95 Å². The first-order chi connectivity index (χ1) is 13.2. The molecule has 0 bridgehead atoms. The van der Waals surface area contributed by atoms with Crippen LogP contribution in [0.2, 0.25) is 0 Å². The van der Waals surface area contributed by atoms with E-state index < -0.39 is 0 Å². The molecule has 0 saturated carbocycles. The second kappa shape index (κ2) is 7.63. The van der Waals surface area contributed by atoms with Crippen LogP contribution in [0.5, 0.6) is 5.75 Å². The van der Waals surface area contributed by atoms with Gasteiger partial charge in [-0.05, 0) is 24.1 Å². The highest BCUT2D eigenvalue weighted by Gasteiger charge is 2.21. The fraction of sp³-hybridized carbons (Fsp3) is 0.238. The molecule has 6 heteroatoms. The SMILES string of the molecule is COc1cccc(Nc2nc(N)c3c(n2)CN(Cc2ccccc2)CC3)c1. The standard InChI is InChI=1S/C21H23N5O/c1-27-17-9-5-8-16(12-17)23-21-24-19-14-26(11-10-18(19)20(22)25-21)13-15-6-3-2-4-7-15/h2-9,12H,10-11,13-14H2,1H3,(H3,22,23,24,25). The maximum absolute atomic E-state index is 6.22. The van der Waals surface area contributed by atoms with Crippen LogP contribution < -0.4 is 15.8 Å². The molecule has 27 heavy (non-hydrogen) atoms. The topological polar surface area (TPSA) is 76.3 Å². The van der Waals surface area contributed by atoms with Crippen molar-refractivity contribution in [2.45, 2.75) is 19.5 Å². The van der Waals surface area contributed by atoms with Crippen molar-refractivity contribution >= 4 is 17.5 Å². The highest BCUT2D eigenvalue weighted by molar-refractivity contribution is 5.58. The van der Waals surface area contributed by atoms with Gasteiger partial charge in [0.15, 0.2) is 0 Å². The first-order valence-corrected chi connectivity index (χ1v) is 9.04. The third kappa shape index (κ3) is 4.01. The molecular weight excluding hydrogens is 338 g/mol. The lowest BCUT2D eigenvalue weighted by atomic mass is 10.0. The monoisotopic (exact) mass is 361 g/mol. The Morgan fingerprint density at radius 3 is 2.78 bits per heavy atom. The van der Waals surface area contributed by atoms with Gasteiger partial charge in [-0.25, -0.2) is 4.98 Å². The predicted octanol–water partition coefficient (Wildman–Crippen LogP) is 3.37. The molecule has 1 aromatic heterocycles. The minimum Gasteiger partial charge on any atom is -0.497 e. The molecule has 3 N–H and O–H groups in total. The Balaban J connectivity index is 1.53. The van der Waals surface area contributed by atoms with E-state index in [2.05, 4.69) is 39.5 Å². The smallest absolute Gasteiger partial charge is 0.229 e. The average molecular weight is 361 g/mol. The van der Waals surface area contributed by atoms with Crippen molar-refractivity contribution in [1.82, 2.24) is 14.9 Å². The van der Waals surface area contributed by atoms with Crippen LogP contribution in [0.1, 0.15) is 16.8 Å². The summed E-state index contributed by atoms with van der Waals surface area (Å²) < 4.78 is 5.27. The number of nitrogens with one attached hydrogen (secondary N) is 1. The zero-order chi connectivity index (χ0) is 18.6. The Morgan fingerprint density at radius 2 is 1.96 bits per heavy atom. The number of nitrogen functional groups attached to an aromatic ring is 1. The lowest BCUT2D eigenvalue weighted by Crippen LogP contribution is -2.31. The maximum Gasteiger partial charge on any atom is 0.229 e. The highest BCUT2D eigenvalue weighted by Crippen LogP contribution is 2.26. The number of hydrogen-bond acceptors (Lipinski definition) is 6. The minimum atomic E-state index is 0.515. The van der Waals surface area contributed by atoms with Crippen molar-refractivity contribution in [3.8, 4) is 5.75 Å². The maximum atomic E-state index is 6.22. The van der Waals surface area contributed by atoms with Crippen molar-refractivity contribution in [2.24, 2.45) is 0 Å². The third-order valence-corrected chi connectivity index (χ3v) is 4.75. The summed E-state index contributed by atoms with van der Waals surface area (Å²) in [5.41, 5.74) is 10.4. The van der Waals surface area contributed by atoms with Gasteiger partial charge in [0.05, 0.1) is 12.8 Å². The molecule has 3 aromatic rings. The fourth-order valence-corrected chi connectivity index (χ4v) is 3.38. The average Bonchev–Trinajstić information content (AvgIpc) is 2.69. The molecule has 0 amide bonds. The van der Waals surface area contributed by atoms with E-state index in [4.69, 9.17) is 15.5 Å². The third-order valence-electron chi connectivity index (χ3n) is 4.75. The Bertz CT molecular complexity index is 929. The molecule has 1 aliphatic rings. The summed E-state index contributed by atoms with van der Waals surface area (Å²) >= 11 is 0. The number of benzene rings is 2. The van der Waals surface area contributed by atoms with Crippen molar-refractivity contribution in [1.29, 1.82) is 0 Å². The van der Waals surface area contributed by atoms with E-state index in [0.29, 0.717) is 11.8 Å². The number of aromatic nitrogens is 2. The van der Waals surface area contributed by atoms with E-state index >= 15 is 0 Å². The van der Waals surface area contributed by atoms with Crippen LogP contribution in [0.15, 0.2) is 54.6 Å². The molecule has 0 atom stereocenters. The van der Waals surface area contributed by atoms with E-state index in [1.807, 2.05) is 30.3 Å². The Kier molecular flexibility index (Phi) is 4.89. The zero-order valence-corrected chi connectivity index (χ0v) is 15.4. The van der Waals surface area contributed by atoms with Crippen molar-refractivity contribution in [3.63, 3.8) is 0 Å². The second-order valence-corrected chi connectivity index (χ2v) is 6.66. The van der Waals surface area contributed by atoms with E-state index in [1.54, 1.807) is 7.11 Å². The van der Waals surface area contributed by atoms with Crippen molar-refractivity contribution in [3.05, 3.63) is 71.4 Å². The van der Waals surface area contributed by atoms with Crippen LogP contribution in [-0.4, -0.2) is 28.5 Å². The number of nitrogens with zero attached hydrogens (tertiary/aromatic N) is 3. The normalized spacial score (nSPS) is 13.8. The summed E-state index contributed by atoms with van der Waals surface area (Å²) in [4.78, 5) is 11.6. The van der Waals surface area contributed by atoms with Gasteiger partial charge < -0.3 is 15.8 Å². The molecule has 1 aliphatic heterocycles. The molecule has 0 unspecified atom stereocenters. The number of nitrogens with two attached hydrogens (primary N) is 1. The van der Waals surface area contributed by atoms with Gasteiger partial charge in [0.1, 0.15) is 11.6 Å². The molecule has 0 fully saturated rings. The summed E-state index contributed by atoms with van der Waals surface area (Å²) in [6.07, 6.45) is 0.868. The molecular formula is C21H23N5O. The molecule has 6 nitrogen and oxygen atoms in total. The van der Waals surface area contributed by atoms with Gasteiger partial charge in [-0.3, -0.25) is 4.90 Å². The molecule has 0 aliphatic carbocycles. The second-order valence-electron chi connectivity index (χ2n) is 6.66. The molecule has 0 radical (unpaired) electrons. The van der Waals surface area contributed by atoms with Gasteiger partial charge in [0.25, 0.3) is 0 Å². The largest absolute Gasteiger partial charge is 0.497 e. The Morgan fingerprint density at radius 1 is 1.11 bits per heavy atom. The van der Waals surface area contributed by atoms with Crippen LogP contribution in [0.25, 0.3) is 0 Å². The summed E-state index contributed by atoms with van der Waals surface area (Å²) in [7, 11) is 1.65. The van der Waals surface area contributed by atoms with Crippen LogP contribution in [-0.2, 0) is 19.5 Å². The van der Waals surface area contributed by atoms with E-state index in [0.717, 1.165) is 48.7 Å². The Hall–Kier alpha value is -3.12. The van der Waals surface area contributed by atoms with E-state index in [1.165, 1.54) is 5.56 Å². The molecule has 0 spiro atoms. The summed E-state index contributed by atoms with van der Waals surface area (Å²) in [6.45, 7) is 2.63. The Labute approximate surface area is 159 Å². The fourth-order valence-electron chi connectivity index (χ4n) is 3.38. The minimum absolute atomic E-state index is 0.515. The lowest BCUT2D eigenvalue weighted by Gasteiger charge is -2.28. The number of anilines is 3. The van der Waals surface area contributed by atoms with Gasteiger partial charge in [-0.15, -0.1) is 0 Å². The summed E-state index contributed by atoms with van der Waals surface area (Å²) in [5.74, 6) is 1.85. The van der Waals surface area contributed by atoms with Crippen LogP contribution in [0, 0.1) is 0 Å². The highest BCUT2D eigenvalue weighted by atomic mass is 16.5. The van der Waals surface area contributed by atoms with Gasteiger partial charge in [-0.1, -0.05) is 36.4 Å². The molecule has 4 rings (SSSR count). The van der Waals surface area contributed by atoms with Crippen molar-refractivity contribution in [2.75, 3.05) is 24.7 Å². The number of ether oxygens (including phenoxy) is 1. The molecule has 2 aromatic carbocycles. The number of rotatable bonds is 5. The van der Waals surface area contributed by atoms with Crippen LogP contribution >= 0.6 is 0 Å². The summed E-state index contributed by atoms with van der Waals surface area (Å²) in [5, 5.41) is 3.23. The molecule has 0 saturated heterocycles. The van der Waals surface area contributed by atoms with Crippen molar-refractivity contribution < 1.29 is 4.74 Å². The van der Waals surface area contributed by atoms with E-state index in [-0.39, 0.29) is 0 Å². The van der Waals surface area contributed by atoms with Crippen LogP contribution in [0.4, 0.5) is 17.5 Å². The lowest BCUT2D eigenvalue weighted by molar-refractivity contribution is 0.241. The molecule has 2 heterocycles. The quantitative estimate of drug-likeness (QED) is 0.726. The van der Waals surface area contributed by atoms with Crippen LogP contribution in [0.3, 0.4) is 0 Å². The first kappa shape index (κ1) is 17.3. The van der Waals surface area contributed by atoms with Gasteiger partial charge in [-0.2, -0.15) is 4.98 Å². The number of methoxy groups -OCH3 is 1. The van der Waals surface area contributed by atoms with E-state index in [9.17, 15) is 0 Å². The summed E-state index contributed by atoms with van der Waals surface area (Å²) in [6, 6.07) is 18.2. The molecule has 138 valence electrons. The van der Waals surface area contributed by atoms with Gasteiger partial charge >= 0.3 is 0 Å². The number of hydrogen-bond donors (Lipinski definition) is 2.